The number of hydrogen-bond acceptors (Lipinski definition) is 4. The predicted molar refractivity (Wildman–Crippen MR) is 88.3 cm³/mol. The molecule has 0 radical (unpaired) electrons. The number of benzene rings is 1. The monoisotopic (exact) mass is 352 g/mol. The van der Waals surface area contributed by atoms with Crippen molar-refractivity contribution in [2.45, 2.75) is 11.4 Å². The molecule has 0 amide bonds. The lowest BCUT2D eigenvalue weighted by Gasteiger charge is -2.20. The van der Waals surface area contributed by atoms with Gasteiger partial charge in [-0.05, 0) is 24.3 Å². The van der Waals surface area contributed by atoms with Gasteiger partial charge in [0.2, 0.25) is 10.0 Å². The summed E-state index contributed by atoms with van der Waals surface area (Å²) in [5, 5.41) is 9.12. The zero-order chi connectivity index (χ0) is 16.2. The molecule has 0 aliphatic heterocycles. The van der Waals surface area contributed by atoms with E-state index in [1.54, 1.807) is 24.3 Å². The van der Waals surface area contributed by atoms with Crippen LogP contribution in [0.15, 0.2) is 53.9 Å². The first-order valence-electron chi connectivity index (χ1n) is 6.33. The second-order valence-electron chi connectivity index (χ2n) is 4.40. The average molecular weight is 353 g/mol. The molecular formula is C15H13ClN2O2S2. The highest BCUT2D eigenvalue weighted by Gasteiger charge is 2.26. The molecule has 0 saturated carbocycles. The van der Waals surface area contributed by atoms with Crippen molar-refractivity contribution in [3.8, 4) is 6.07 Å². The highest BCUT2D eigenvalue weighted by molar-refractivity contribution is 7.89. The third-order valence-electron chi connectivity index (χ3n) is 2.92. The molecule has 0 spiro atoms. The lowest BCUT2D eigenvalue weighted by molar-refractivity contribution is 0.441. The molecule has 0 N–H and O–H groups in total. The first kappa shape index (κ1) is 16.7. The maximum atomic E-state index is 12.8. The fourth-order valence-electron chi connectivity index (χ4n) is 1.93. The number of thiophene rings is 1. The van der Waals surface area contributed by atoms with E-state index >= 15 is 0 Å². The normalized spacial score (nSPS) is 11.3. The van der Waals surface area contributed by atoms with E-state index in [9.17, 15) is 8.42 Å². The second-order valence-corrected chi connectivity index (χ2v) is 8.11. The molecule has 0 fully saturated rings. The minimum absolute atomic E-state index is 0.00185. The van der Waals surface area contributed by atoms with Gasteiger partial charge in [0.05, 0.1) is 14.8 Å². The van der Waals surface area contributed by atoms with E-state index in [0.29, 0.717) is 4.34 Å². The van der Waals surface area contributed by atoms with Gasteiger partial charge in [0.1, 0.15) is 6.07 Å². The Morgan fingerprint density at radius 1 is 1.32 bits per heavy atom. The highest BCUT2D eigenvalue weighted by atomic mass is 35.5. The van der Waals surface area contributed by atoms with Crippen LogP contribution in [-0.2, 0) is 16.6 Å². The molecule has 0 aliphatic rings. The molecule has 0 saturated heterocycles. The van der Waals surface area contributed by atoms with Crippen LogP contribution in [0.1, 0.15) is 10.4 Å². The first-order valence-corrected chi connectivity index (χ1v) is 8.97. The van der Waals surface area contributed by atoms with Crippen molar-refractivity contribution in [1.82, 2.24) is 4.31 Å². The minimum Gasteiger partial charge on any atom is -0.207 e. The van der Waals surface area contributed by atoms with Crippen molar-refractivity contribution in [3.63, 3.8) is 0 Å². The van der Waals surface area contributed by atoms with Crippen LogP contribution in [0.25, 0.3) is 0 Å². The molecule has 1 aromatic carbocycles. The molecule has 22 heavy (non-hydrogen) atoms. The smallest absolute Gasteiger partial charge is 0.207 e. The summed E-state index contributed by atoms with van der Waals surface area (Å²) in [5.74, 6) is 0. The van der Waals surface area contributed by atoms with Crippen molar-refractivity contribution >= 4 is 33.0 Å². The Balaban J connectivity index is 2.42. The van der Waals surface area contributed by atoms with Crippen LogP contribution < -0.4 is 0 Å². The van der Waals surface area contributed by atoms with Crippen LogP contribution in [0.4, 0.5) is 0 Å². The maximum Gasteiger partial charge on any atom is 0.245 e. The Morgan fingerprint density at radius 3 is 2.64 bits per heavy atom. The summed E-state index contributed by atoms with van der Waals surface area (Å²) in [6, 6.07) is 11.6. The van der Waals surface area contributed by atoms with Crippen LogP contribution >= 0.6 is 22.9 Å². The van der Waals surface area contributed by atoms with Gasteiger partial charge < -0.3 is 0 Å². The van der Waals surface area contributed by atoms with Crippen LogP contribution in [0, 0.1) is 11.3 Å². The molecule has 0 unspecified atom stereocenters. The number of halogens is 1. The van der Waals surface area contributed by atoms with Crippen molar-refractivity contribution in [2.75, 3.05) is 6.54 Å². The van der Waals surface area contributed by atoms with Crippen LogP contribution in [0.5, 0.6) is 0 Å². The van der Waals surface area contributed by atoms with Crippen LogP contribution in [0.3, 0.4) is 0 Å². The fourth-order valence-corrected chi connectivity index (χ4v) is 4.64. The Morgan fingerprint density at radius 2 is 2.05 bits per heavy atom. The number of nitriles is 1. The van der Waals surface area contributed by atoms with Crippen molar-refractivity contribution in [3.05, 3.63) is 63.8 Å². The molecule has 4 nitrogen and oxygen atoms in total. The molecular weight excluding hydrogens is 340 g/mol. The van der Waals surface area contributed by atoms with Gasteiger partial charge in [0, 0.05) is 18.0 Å². The third kappa shape index (κ3) is 3.57. The standard InChI is InChI=1S/C15H13ClN2O2S2/c1-2-9-18(11-13-7-8-15(16)21-13)22(19,20)14-6-4-3-5-12(14)10-17/h2-8H,1,9,11H2. The molecule has 114 valence electrons. The molecule has 0 bridgehead atoms. The molecule has 1 heterocycles. The zero-order valence-electron chi connectivity index (χ0n) is 11.6. The van der Waals surface area contributed by atoms with E-state index in [4.69, 9.17) is 16.9 Å². The minimum atomic E-state index is -3.79. The predicted octanol–water partition coefficient (Wildman–Crippen LogP) is 3.65. The zero-order valence-corrected chi connectivity index (χ0v) is 14.0. The van der Waals surface area contributed by atoms with Gasteiger partial charge >= 0.3 is 0 Å². The van der Waals surface area contributed by atoms with Crippen LogP contribution in [0.2, 0.25) is 4.34 Å². The van der Waals surface area contributed by atoms with E-state index < -0.39 is 10.0 Å². The SMILES string of the molecule is C=CCN(Cc1ccc(Cl)s1)S(=O)(=O)c1ccccc1C#N. The Hall–Kier alpha value is -1.65. The van der Waals surface area contributed by atoms with Crippen molar-refractivity contribution in [2.24, 2.45) is 0 Å². The largest absolute Gasteiger partial charge is 0.245 e. The molecule has 1 aromatic heterocycles. The van der Waals surface area contributed by atoms with Gasteiger partial charge in [-0.1, -0.05) is 29.8 Å². The Labute approximate surface area is 138 Å². The van der Waals surface area contributed by atoms with Gasteiger partial charge in [-0.3, -0.25) is 0 Å². The lowest BCUT2D eigenvalue weighted by atomic mass is 10.2. The summed E-state index contributed by atoms with van der Waals surface area (Å²) < 4.78 is 27.5. The lowest BCUT2D eigenvalue weighted by Crippen LogP contribution is -2.31. The van der Waals surface area contributed by atoms with Gasteiger partial charge in [0.15, 0.2) is 0 Å². The van der Waals surface area contributed by atoms with E-state index in [1.807, 2.05) is 6.07 Å². The molecule has 2 rings (SSSR count). The second kappa shape index (κ2) is 7.07. The summed E-state index contributed by atoms with van der Waals surface area (Å²) in [6.45, 7) is 3.94. The van der Waals surface area contributed by atoms with Crippen LogP contribution in [-0.4, -0.2) is 19.3 Å². The quantitative estimate of drug-likeness (QED) is 0.745. The van der Waals surface area contributed by atoms with Gasteiger partial charge in [-0.2, -0.15) is 9.57 Å². The number of nitrogens with zero attached hydrogens (tertiary/aromatic N) is 2. The maximum absolute atomic E-state index is 12.8. The first-order chi connectivity index (χ1) is 10.5. The topological polar surface area (TPSA) is 61.2 Å². The highest BCUT2D eigenvalue weighted by Crippen LogP contribution is 2.26. The molecule has 0 aliphatic carbocycles. The van der Waals surface area contributed by atoms with Gasteiger partial charge in [0.25, 0.3) is 0 Å². The number of rotatable bonds is 6. The van der Waals surface area contributed by atoms with Gasteiger partial charge in [-0.25, -0.2) is 8.42 Å². The summed E-state index contributed by atoms with van der Waals surface area (Å²) in [6.07, 6.45) is 1.52. The average Bonchev–Trinajstić information content (AvgIpc) is 2.92. The van der Waals surface area contributed by atoms with E-state index in [1.165, 1.54) is 33.9 Å². The fraction of sp³-hybridized carbons (Fsp3) is 0.133. The molecule has 7 heteroatoms. The number of hydrogen-bond donors (Lipinski definition) is 0. The van der Waals surface area contributed by atoms with Crippen molar-refractivity contribution < 1.29 is 8.42 Å². The number of sulfonamides is 1. The molecule has 0 atom stereocenters. The summed E-state index contributed by atoms with van der Waals surface area (Å²) in [4.78, 5) is 0.826. The summed E-state index contributed by atoms with van der Waals surface area (Å²) >= 11 is 7.21. The summed E-state index contributed by atoms with van der Waals surface area (Å²) in [5.41, 5.74) is 0.126. The van der Waals surface area contributed by atoms with Gasteiger partial charge in [-0.15, -0.1) is 17.9 Å². The van der Waals surface area contributed by atoms with E-state index in [2.05, 4.69) is 6.58 Å². The van der Waals surface area contributed by atoms with E-state index in [0.717, 1.165) is 4.88 Å². The van der Waals surface area contributed by atoms with E-state index in [-0.39, 0.29) is 23.5 Å². The Bertz CT molecular complexity index is 822. The van der Waals surface area contributed by atoms with Crippen molar-refractivity contribution in [1.29, 1.82) is 5.26 Å². The Kier molecular flexibility index (Phi) is 5.37. The summed E-state index contributed by atoms with van der Waals surface area (Å²) in [7, 11) is -3.79. The third-order valence-corrected chi connectivity index (χ3v) is 6.00. The molecule has 2 aromatic rings.